The van der Waals surface area contributed by atoms with E-state index in [4.69, 9.17) is 9.47 Å². The molecule has 1 amide bonds. The Hall–Kier alpha value is -4.20. The molecule has 0 aliphatic heterocycles. The minimum absolute atomic E-state index is 0.136. The highest BCUT2D eigenvalue weighted by molar-refractivity contribution is 5.97. The number of rotatable bonds is 7. The van der Waals surface area contributed by atoms with Gasteiger partial charge in [-0.2, -0.15) is 5.10 Å². The molecule has 0 saturated heterocycles. The Balaban J connectivity index is 1.65. The Morgan fingerprint density at radius 1 is 1.00 bits per heavy atom. The number of nitrogens with one attached hydrogen (secondary N) is 1. The van der Waals surface area contributed by atoms with E-state index in [0.29, 0.717) is 33.5 Å². The van der Waals surface area contributed by atoms with E-state index in [0.717, 1.165) is 5.69 Å². The first-order valence-electron chi connectivity index (χ1n) is 9.99. The van der Waals surface area contributed by atoms with Crippen LogP contribution in [0.25, 0.3) is 10.8 Å². The maximum atomic E-state index is 12.9. The van der Waals surface area contributed by atoms with Crippen LogP contribution in [0.1, 0.15) is 21.7 Å². The van der Waals surface area contributed by atoms with Gasteiger partial charge in [-0.1, -0.05) is 24.3 Å². The van der Waals surface area contributed by atoms with Crippen LogP contribution in [-0.4, -0.2) is 34.9 Å². The second-order valence-electron chi connectivity index (χ2n) is 7.03. The molecule has 0 unspecified atom stereocenters. The Kier molecular flexibility index (Phi) is 6.12. The van der Waals surface area contributed by atoms with Crippen molar-refractivity contribution in [2.24, 2.45) is 0 Å². The lowest BCUT2D eigenvalue weighted by molar-refractivity contribution is 0.0947. The summed E-state index contributed by atoms with van der Waals surface area (Å²) in [6.07, 6.45) is 1.67. The summed E-state index contributed by atoms with van der Waals surface area (Å²) >= 11 is 0. The van der Waals surface area contributed by atoms with Crippen molar-refractivity contribution < 1.29 is 14.3 Å². The van der Waals surface area contributed by atoms with Gasteiger partial charge in [0.15, 0.2) is 0 Å². The smallest absolute Gasteiger partial charge is 0.275 e. The minimum Gasteiger partial charge on any atom is -0.497 e. The van der Waals surface area contributed by atoms with Crippen molar-refractivity contribution in [3.8, 4) is 11.5 Å². The average Bonchev–Trinajstić information content (AvgIpc) is 2.85. The molecule has 2 heterocycles. The van der Waals surface area contributed by atoms with E-state index < -0.39 is 0 Å². The summed E-state index contributed by atoms with van der Waals surface area (Å²) in [6, 6.07) is 17.7. The first-order chi connectivity index (χ1) is 15.6. The fourth-order valence-electron chi connectivity index (χ4n) is 3.43. The molecule has 2 aromatic heterocycles. The molecule has 0 aliphatic carbocycles. The highest BCUT2D eigenvalue weighted by Crippen LogP contribution is 2.24. The van der Waals surface area contributed by atoms with Crippen LogP contribution in [0, 0.1) is 0 Å². The van der Waals surface area contributed by atoms with Crippen LogP contribution in [0.5, 0.6) is 11.5 Å². The lowest BCUT2D eigenvalue weighted by Crippen LogP contribution is -2.29. The van der Waals surface area contributed by atoms with Crippen molar-refractivity contribution in [1.82, 2.24) is 20.1 Å². The van der Waals surface area contributed by atoms with E-state index in [9.17, 15) is 9.59 Å². The number of nitrogens with zero attached hydrogens (tertiary/aromatic N) is 3. The van der Waals surface area contributed by atoms with Crippen molar-refractivity contribution in [3.63, 3.8) is 0 Å². The van der Waals surface area contributed by atoms with Crippen LogP contribution in [0.3, 0.4) is 0 Å². The first kappa shape index (κ1) is 21.0. The van der Waals surface area contributed by atoms with Crippen molar-refractivity contribution in [1.29, 1.82) is 0 Å². The number of fused-ring (bicyclic) bond motifs is 1. The Bertz CT molecular complexity index is 1320. The van der Waals surface area contributed by atoms with Crippen LogP contribution < -0.4 is 20.3 Å². The van der Waals surface area contributed by atoms with Gasteiger partial charge in [0.2, 0.25) is 0 Å². The van der Waals surface area contributed by atoms with Crippen molar-refractivity contribution >= 4 is 16.7 Å². The predicted octanol–water partition coefficient (Wildman–Crippen LogP) is 2.79. The van der Waals surface area contributed by atoms with Crippen LogP contribution in [0.2, 0.25) is 0 Å². The second kappa shape index (κ2) is 9.30. The molecule has 0 atom stereocenters. The standard InChI is InChI=1S/C24H22N4O4/c1-31-17-10-11-20(22(13-17)32-2)23(29)26-14-21-18-8-3-4-9-19(18)24(30)28(27-21)15-16-7-5-6-12-25-16/h3-13H,14-15H2,1-2H3,(H,26,29). The maximum Gasteiger partial charge on any atom is 0.275 e. The first-order valence-corrected chi connectivity index (χ1v) is 9.99. The van der Waals surface area contributed by atoms with Gasteiger partial charge in [-0.3, -0.25) is 14.6 Å². The van der Waals surface area contributed by atoms with E-state index in [1.165, 1.54) is 11.8 Å². The minimum atomic E-state index is -0.321. The molecule has 32 heavy (non-hydrogen) atoms. The number of hydrogen-bond donors (Lipinski definition) is 1. The summed E-state index contributed by atoms with van der Waals surface area (Å²) in [6.45, 7) is 0.370. The maximum absolute atomic E-state index is 12.9. The van der Waals surface area contributed by atoms with Crippen LogP contribution in [0.15, 0.2) is 71.7 Å². The van der Waals surface area contributed by atoms with Gasteiger partial charge in [0, 0.05) is 17.6 Å². The number of carbonyl (C=O) groups is 1. The predicted molar refractivity (Wildman–Crippen MR) is 120 cm³/mol. The molecule has 8 nitrogen and oxygen atoms in total. The summed E-state index contributed by atoms with van der Waals surface area (Å²) in [4.78, 5) is 30.1. The molecule has 0 saturated carbocycles. The van der Waals surface area contributed by atoms with E-state index in [1.54, 1.807) is 43.6 Å². The Labute approximate surface area is 184 Å². The van der Waals surface area contributed by atoms with E-state index in [1.807, 2.05) is 30.3 Å². The second-order valence-corrected chi connectivity index (χ2v) is 7.03. The van der Waals surface area contributed by atoms with Gasteiger partial charge in [-0.25, -0.2) is 4.68 Å². The lowest BCUT2D eigenvalue weighted by Gasteiger charge is -2.13. The average molecular weight is 430 g/mol. The third kappa shape index (κ3) is 4.29. The Morgan fingerprint density at radius 3 is 2.50 bits per heavy atom. The summed E-state index contributed by atoms with van der Waals surface area (Å²) in [7, 11) is 3.04. The molecule has 2 aromatic carbocycles. The summed E-state index contributed by atoms with van der Waals surface area (Å²) in [5, 5.41) is 8.63. The zero-order chi connectivity index (χ0) is 22.5. The molecule has 0 bridgehead atoms. The molecule has 0 aliphatic rings. The highest BCUT2D eigenvalue weighted by Gasteiger charge is 2.16. The summed E-state index contributed by atoms with van der Waals surface area (Å²) in [5.74, 6) is 0.672. The summed E-state index contributed by atoms with van der Waals surface area (Å²) < 4.78 is 11.9. The van der Waals surface area contributed by atoms with Crippen molar-refractivity contribution in [3.05, 3.63) is 94.2 Å². The number of carbonyl (C=O) groups excluding carboxylic acids is 1. The quantitative estimate of drug-likeness (QED) is 0.484. The topological polar surface area (TPSA) is 95.3 Å². The highest BCUT2D eigenvalue weighted by atomic mass is 16.5. The number of methoxy groups -OCH3 is 2. The van der Waals surface area contributed by atoms with Gasteiger partial charge >= 0.3 is 0 Å². The number of benzene rings is 2. The molecule has 1 N–H and O–H groups in total. The van der Waals surface area contributed by atoms with E-state index in [2.05, 4.69) is 15.4 Å². The lowest BCUT2D eigenvalue weighted by atomic mass is 10.1. The van der Waals surface area contributed by atoms with Gasteiger partial charge in [0.1, 0.15) is 11.5 Å². The third-order valence-electron chi connectivity index (χ3n) is 5.05. The van der Waals surface area contributed by atoms with E-state index >= 15 is 0 Å². The van der Waals surface area contributed by atoms with Crippen molar-refractivity contribution in [2.45, 2.75) is 13.1 Å². The fraction of sp³-hybridized carbons (Fsp3) is 0.167. The molecule has 0 spiro atoms. The summed E-state index contributed by atoms with van der Waals surface area (Å²) in [5.41, 5.74) is 1.46. The number of hydrogen-bond acceptors (Lipinski definition) is 6. The number of aromatic nitrogens is 3. The molecule has 4 aromatic rings. The molecule has 0 fully saturated rings. The van der Waals surface area contributed by atoms with Crippen LogP contribution in [-0.2, 0) is 13.1 Å². The van der Waals surface area contributed by atoms with Crippen LogP contribution in [0.4, 0.5) is 0 Å². The monoisotopic (exact) mass is 430 g/mol. The van der Waals surface area contributed by atoms with Gasteiger partial charge in [-0.15, -0.1) is 0 Å². The Morgan fingerprint density at radius 2 is 1.78 bits per heavy atom. The molecule has 4 rings (SSSR count). The SMILES string of the molecule is COc1ccc(C(=O)NCc2nn(Cc3ccccn3)c(=O)c3ccccc23)c(OC)c1. The van der Waals surface area contributed by atoms with Gasteiger partial charge in [0.05, 0.1) is 49.6 Å². The van der Waals surface area contributed by atoms with Gasteiger partial charge in [-0.05, 0) is 30.3 Å². The molecular weight excluding hydrogens is 408 g/mol. The zero-order valence-electron chi connectivity index (χ0n) is 17.7. The van der Waals surface area contributed by atoms with Crippen molar-refractivity contribution in [2.75, 3.05) is 14.2 Å². The molecule has 162 valence electrons. The largest absolute Gasteiger partial charge is 0.497 e. The molecular formula is C24H22N4O4. The van der Waals surface area contributed by atoms with Crippen LogP contribution >= 0.6 is 0 Å². The zero-order valence-corrected chi connectivity index (χ0v) is 17.7. The molecule has 0 radical (unpaired) electrons. The number of pyridine rings is 1. The fourth-order valence-corrected chi connectivity index (χ4v) is 3.43. The van der Waals surface area contributed by atoms with E-state index in [-0.39, 0.29) is 24.6 Å². The number of ether oxygens (including phenoxy) is 2. The van der Waals surface area contributed by atoms with Gasteiger partial charge < -0.3 is 14.8 Å². The molecule has 8 heteroatoms. The third-order valence-corrected chi connectivity index (χ3v) is 5.05. The number of amides is 1. The normalized spacial score (nSPS) is 10.7. The van der Waals surface area contributed by atoms with Gasteiger partial charge in [0.25, 0.3) is 11.5 Å².